The van der Waals surface area contributed by atoms with E-state index in [1.54, 1.807) is 28.8 Å². The molecule has 3 aliphatic heterocycles. The van der Waals surface area contributed by atoms with Gasteiger partial charge < -0.3 is 9.64 Å². The van der Waals surface area contributed by atoms with Crippen LogP contribution in [0.15, 0.2) is 89.7 Å². The molecule has 2 saturated heterocycles. The van der Waals surface area contributed by atoms with Gasteiger partial charge in [-0.15, -0.1) is 0 Å². The molecule has 0 bridgehead atoms. The Bertz CT molecular complexity index is 2660. The highest BCUT2D eigenvalue weighted by molar-refractivity contribution is 6.23. The van der Waals surface area contributed by atoms with Crippen molar-refractivity contribution in [2.45, 2.75) is 90.1 Å². The number of nitrogens with one attached hydrogen (secondary N) is 1. The topological polar surface area (TPSA) is 131 Å². The number of rotatable bonds is 11. The second-order valence-electron chi connectivity index (χ2n) is 17.2. The average molecular weight is 820 g/mol. The highest BCUT2D eigenvalue weighted by Gasteiger charge is 2.45. The molecule has 4 aromatic carbocycles. The van der Waals surface area contributed by atoms with Crippen molar-refractivity contribution in [2.24, 2.45) is 5.92 Å². The number of aryl methyl sites for hydroxylation is 1. The van der Waals surface area contributed by atoms with Crippen LogP contribution in [0.25, 0.3) is 21.6 Å². The lowest BCUT2D eigenvalue weighted by Gasteiger charge is -2.46. The molecular weight excluding hydrogens is 771 g/mol. The number of fused-ring (bicyclic) bond motifs is 2. The number of para-hydroxylation sites is 2. The summed E-state index contributed by atoms with van der Waals surface area (Å²) in [6.45, 7) is 17.2. The molecule has 0 spiro atoms. The number of carbonyl (C=O) groups excluding carboxylic acids is 4. The lowest BCUT2D eigenvalue weighted by Crippen LogP contribution is -2.54. The molecule has 13 nitrogen and oxygen atoms in total. The van der Waals surface area contributed by atoms with Crippen molar-refractivity contribution < 1.29 is 23.9 Å². The van der Waals surface area contributed by atoms with Gasteiger partial charge in [-0.2, -0.15) is 0 Å². The maximum absolute atomic E-state index is 13.9. The maximum atomic E-state index is 13.9. The second kappa shape index (κ2) is 16.2. The van der Waals surface area contributed by atoms with Crippen LogP contribution in [-0.4, -0.2) is 86.4 Å². The summed E-state index contributed by atoms with van der Waals surface area (Å²) in [6, 6.07) is 26.7. The van der Waals surface area contributed by atoms with Gasteiger partial charge in [-0.1, -0.05) is 30.3 Å². The molecule has 4 heterocycles. The van der Waals surface area contributed by atoms with Crippen LogP contribution in [0.4, 0.5) is 11.4 Å². The molecule has 1 saturated carbocycles. The molecule has 9 rings (SSSR count). The van der Waals surface area contributed by atoms with Gasteiger partial charge in [0.2, 0.25) is 11.8 Å². The lowest BCUT2D eigenvalue weighted by atomic mass is 9.85. The number of imidazole rings is 1. The third-order valence-electron chi connectivity index (χ3n) is 13.0. The Morgan fingerprint density at radius 2 is 1.54 bits per heavy atom. The fraction of sp³-hybridized carbons (Fsp3) is 0.375. The summed E-state index contributed by atoms with van der Waals surface area (Å²) in [6.07, 6.45) is 4.14. The Kier molecular flexibility index (Phi) is 10.6. The molecule has 1 N–H and O–H groups in total. The minimum absolute atomic E-state index is 0.00225. The number of imide groups is 2. The van der Waals surface area contributed by atoms with Crippen LogP contribution in [0.1, 0.15) is 84.2 Å². The van der Waals surface area contributed by atoms with Crippen LogP contribution in [0, 0.1) is 19.4 Å². The number of carbonyl (C=O) groups is 4. The van der Waals surface area contributed by atoms with E-state index in [9.17, 15) is 24.0 Å². The van der Waals surface area contributed by atoms with Gasteiger partial charge in [-0.05, 0) is 112 Å². The summed E-state index contributed by atoms with van der Waals surface area (Å²) in [5, 5.41) is 2.23. The Hall–Kier alpha value is -6.52. The van der Waals surface area contributed by atoms with E-state index < -0.39 is 29.7 Å². The Morgan fingerprint density at radius 1 is 0.836 bits per heavy atom. The summed E-state index contributed by atoms with van der Waals surface area (Å²) in [5.74, 6) is -0.975. The zero-order chi connectivity index (χ0) is 42.5. The number of nitrogens with zero attached hydrogens (tertiary/aromatic N) is 6. The molecule has 61 heavy (non-hydrogen) atoms. The zero-order valence-electron chi connectivity index (χ0n) is 34.7. The van der Waals surface area contributed by atoms with Gasteiger partial charge in [0.25, 0.3) is 11.8 Å². The van der Waals surface area contributed by atoms with Crippen LogP contribution < -0.4 is 20.6 Å². The first-order chi connectivity index (χ1) is 29.5. The summed E-state index contributed by atoms with van der Waals surface area (Å²) in [4.78, 5) is 74.0. The number of benzene rings is 4. The Balaban J connectivity index is 0.780. The Labute approximate surface area is 354 Å². The fourth-order valence-electron chi connectivity index (χ4n) is 9.58. The van der Waals surface area contributed by atoms with Crippen molar-refractivity contribution >= 4 is 46.0 Å². The van der Waals surface area contributed by atoms with Crippen LogP contribution >= 0.6 is 0 Å². The van der Waals surface area contributed by atoms with Gasteiger partial charge in [0, 0.05) is 62.4 Å². The zero-order valence-corrected chi connectivity index (χ0v) is 34.7. The largest absolute Gasteiger partial charge is 0.490 e. The summed E-state index contributed by atoms with van der Waals surface area (Å²) in [7, 11) is 0. The van der Waals surface area contributed by atoms with Gasteiger partial charge in [0.05, 0.1) is 35.3 Å². The quantitative estimate of drug-likeness (QED) is 0.116. The molecule has 3 fully saturated rings. The molecule has 312 valence electrons. The van der Waals surface area contributed by atoms with E-state index in [-0.39, 0.29) is 35.8 Å². The summed E-state index contributed by atoms with van der Waals surface area (Å²) in [5.41, 5.74) is 6.46. The molecule has 1 atom stereocenters. The first-order valence-electron chi connectivity index (χ1n) is 21.3. The molecule has 1 aliphatic carbocycles. The predicted octanol–water partition coefficient (Wildman–Crippen LogP) is 6.64. The van der Waals surface area contributed by atoms with Crippen molar-refractivity contribution in [2.75, 3.05) is 24.5 Å². The van der Waals surface area contributed by atoms with Crippen molar-refractivity contribution in [3.05, 3.63) is 129 Å². The summed E-state index contributed by atoms with van der Waals surface area (Å²) < 4.78 is 9.88. The standard InChI is InChI=1S/C48H49N7O6/c1-29(2)52(35-24-37(25-35)61-36-14-15-38-39(26-36)47(59)55(46(38)58)43-17-18-44(56)50-45(43)57)27-32-19-21-51(22-20-32)33-11-9-31(10-12-33)28-53-41-7-5-6-8-42(41)54(48(53)60)34-13-16-40(49-4)30(3)23-34/h5-16,23,26,29,32,35,37,43H,17-22,24-25,27-28H2,1-3H3,(H,50,56,57). The normalized spacial score (nSPS) is 20.6. The number of hydrogen-bond acceptors (Lipinski definition) is 8. The SMILES string of the molecule is [C-]#[N+]c1ccc(-n2c(=O)n(Cc3ccc(N4CCC(CN(C(C)C)C5CC(Oc6ccc7c(c6)C(=O)N(C6CCC(=O)NC6=O)C7=O)C5)CC4)cc3)c3ccccc32)cc1C. The number of amides is 4. The van der Waals surface area contributed by atoms with E-state index >= 15 is 0 Å². The summed E-state index contributed by atoms with van der Waals surface area (Å²) >= 11 is 0. The average Bonchev–Trinajstić information content (AvgIpc) is 3.66. The van der Waals surface area contributed by atoms with Crippen LogP contribution in [0.5, 0.6) is 5.75 Å². The predicted molar refractivity (Wildman–Crippen MR) is 231 cm³/mol. The molecular formula is C48H49N7O6. The molecule has 0 radical (unpaired) electrons. The molecule has 13 heteroatoms. The second-order valence-corrected chi connectivity index (χ2v) is 17.2. The van der Waals surface area contributed by atoms with E-state index in [1.807, 2.05) is 47.9 Å². The maximum Gasteiger partial charge on any atom is 0.334 e. The highest BCUT2D eigenvalue weighted by Crippen LogP contribution is 2.36. The number of hydrogen-bond donors (Lipinski definition) is 1. The van der Waals surface area contributed by atoms with Crippen LogP contribution in [0.3, 0.4) is 0 Å². The first kappa shape index (κ1) is 39.9. The van der Waals surface area contributed by atoms with Crippen LogP contribution in [0.2, 0.25) is 0 Å². The van der Waals surface area contributed by atoms with E-state index in [2.05, 4.69) is 58.1 Å². The molecule has 5 aromatic rings. The molecule has 1 unspecified atom stereocenters. The minimum atomic E-state index is -0.997. The van der Waals surface area contributed by atoms with Gasteiger partial charge in [0.1, 0.15) is 17.9 Å². The number of ether oxygens (including phenoxy) is 1. The van der Waals surface area contributed by atoms with Gasteiger partial charge in [-0.3, -0.25) is 43.4 Å². The number of anilines is 1. The number of aromatic nitrogens is 2. The van der Waals surface area contributed by atoms with Crippen molar-refractivity contribution in [3.8, 4) is 11.4 Å². The van der Waals surface area contributed by atoms with E-state index in [4.69, 9.17) is 11.3 Å². The number of piperidine rings is 2. The first-order valence-corrected chi connectivity index (χ1v) is 21.3. The van der Waals surface area contributed by atoms with Crippen LogP contribution in [-0.2, 0) is 16.1 Å². The molecule has 4 aliphatic rings. The van der Waals surface area contributed by atoms with Crippen molar-refractivity contribution in [1.29, 1.82) is 0 Å². The Morgan fingerprint density at radius 3 is 2.23 bits per heavy atom. The third kappa shape index (κ3) is 7.50. The molecule has 1 aromatic heterocycles. The van der Waals surface area contributed by atoms with Gasteiger partial charge in [0.15, 0.2) is 5.69 Å². The monoisotopic (exact) mass is 819 g/mol. The third-order valence-corrected chi connectivity index (χ3v) is 13.0. The minimum Gasteiger partial charge on any atom is -0.490 e. The lowest BCUT2D eigenvalue weighted by molar-refractivity contribution is -0.136. The van der Waals surface area contributed by atoms with E-state index in [0.717, 1.165) is 78.1 Å². The van der Waals surface area contributed by atoms with Gasteiger partial charge >= 0.3 is 5.69 Å². The van der Waals surface area contributed by atoms with E-state index in [0.29, 0.717) is 36.0 Å². The van der Waals surface area contributed by atoms with Gasteiger partial charge in [-0.25, -0.2) is 9.64 Å². The van der Waals surface area contributed by atoms with Crippen molar-refractivity contribution in [3.63, 3.8) is 0 Å². The van der Waals surface area contributed by atoms with E-state index in [1.165, 1.54) is 5.69 Å². The smallest absolute Gasteiger partial charge is 0.334 e. The highest BCUT2D eigenvalue weighted by atomic mass is 16.5. The van der Waals surface area contributed by atoms with Crippen molar-refractivity contribution in [1.82, 2.24) is 24.3 Å². The fourth-order valence-corrected chi connectivity index (χ4v) is 9.58. The molecule has 4 amide bonds.